The number of halogens is 1. The first-order valence-electron chi connectivity index (χ1n) is 7.76. The summed E-state index contributed by atoms with van der Waals surface area (Å²) in [5.41, 5.74) is 6.28. The Kier molecular flexibility index (Phi) is 6.99. The molecule has 2 aromatic rings. The summed E-state index contributed by atoms with van der Waals surface area (Å²) in [5.74, 6) is -1.14. The van der Waals surface area contributed by atoms with E-state index in [0.29, 0.717) is 16.3 Å². The average molecular weight is 376 g/mol. The SMILES string of the molecule is NC(=O)N[C@@H](CC(=O)OCC(=O)Nc1ccccc1)c1ccccc1Cl. The van der Waals surface area contributed by atoms with Crippen molar-refractivity contribution in [2.45, 2.75) is 12.5 Å². The van der Waals surface area contributed by atoms with Crippen molar-refractivity contribution in [3.63, 3.8) is 0 Å². The highest BCUT2D eigenvalue weighted by Crippen LogP contribution is 2.25. The van der Waals surface area contributed by atoms with Crippen molar-refractivity contribution < 1.29 is 19.1 Å². The van der Waals surface area contributed by atoms with Crippen molar-refractivity contribution in [2.75, 3.05) is 11.9 Å². The van der Waals surface area contributed by atoms with Gasteiger partial charge in [-0.3, -0.25) is 9.59 Å². The van der Waals surface area contributed by atoms with Gasteiger partial charge in [0.2, 0.25) is 0 Å². The fourth-order valence-electron chi connectivity index (χ4n) is 2.26. The van der Waals surface area contributed by atoms with E-state index in [1.54, 1.807) is 48.5 Å². The first-order chi connectivity index (χ1) is 12.5. The number of rotatable bonds is 7. The van der Waals surface area contributed by atoms with E-state index in [1.807, 2.05) is 6.07 Å². The average Bonchev–Trinajstić information content (AvgIpc) is 2.60. The zero-order valence-corrected chi connectivity index (χ0v) is 14.5. The van der Waals surface area contributed by atoms with Gasteiger partial charge >= 0.3 is 12.0 Å². The van der Waals surface area contributed by atoms with Crippen LogP contribution in [0.4, 0.5) is 10.5 Å². The number of nitrogens with two attached hydrogens (primary N) is 1. The van der Waals surface area contributed by atoms with Crippen molar-refractivity contribution in [1.82, 2.24) is 5.32 Å². The number of nitrogens with one attached hydrogen (secondary N) is 2. The quantitative estimate of drug-likeness (QED) is 0.646. The number of ether oxygens (including phenoxy) is 1. The Bertz CT molecular complexity index is 783. The molecule has 0 saturated heterocycles. The molecule has 0 aliphatic carbocycles. The van der Waals surface area contributed by atoms with Gasteiger partial charge in [0.25, 0.3) is 5.91 Å². The lowest BCUT2D eigenvalue weighted by atomic mass is 10.0. The number of primary amides is 1. The molecule has 0 saturated carbocycles. The van der Waals surface area contributed by atoms with Crippen LogP contribution in [0.1, 0.15) is 18.0 Å². The topological polar surface area (TPSA) is 111 Å². The van der Waals surface area contributed by atoms with E-state index >= 15 is 0 Å². The molecule has 2 aromatic carbocycles. The third-order valence-electron chi connectivity index (χ3n) is 3.39. The molecule has 7 nitrogen and oxygen atoms in total. The molecule has 0 heterocycles. The van der Waals surface area contributed by atoms with E-state index in [1.165, 1.54) is 0 Å². The van der Waals surface area contributed by atoms with E-state index in [2.05, 4.69) is 10.6 Å². The summed E-state index contributed by atoms with van der Waals surface area (Å²) >= 11 is 6.10. The van der Waals surface area contributed by atoms with Crippen molar-refractivity contribution in [3.05, 3.63) is 65.2 Å². The van der Waals surface area contributed by atoms with Crippen LogP contribution in [-0.4, -0.2) is 24.5 Å². The smallest absolute Gasteiger partial charge is 0.312 e. The van der Waals surface area contributed by atoms with Gasteiger partial charge in [-0.2, -0.15) is 0 Å². The Labute approximate surface area is 155 Å². The summed E-state index contributed by atoms with van der Waals surface area (Å²) in [5, 5.41) is 5.42. The van der Waals surface area contributed by atoms with Crippen LogP contribution in [0.15, 0.2) is 54.6 Å². The minimum atomic E-state index is -0.801. The number of hydrogen-bond donors (Lipinski definition) is 3. The van der Waals surface area contributed by atoms with Crippen molar-refractivity contribution in [3.8, 4) is 0 Å². The van der Waals surface area contributed by atoms with Gasteiger partial charge in [-0.1, -0.05) is 48.0 Å². The van der Waals surface area contributed by atoms with Crippen LogP contribution in [0.2, 0.25) is 5.02 Å². The molecule has 0 fully saturated rings. The van der Waals surface area contributed by atoms with E-state index in [-0.39, 0.29) is 6.42 Å². The lowest BCUT2D eigenvalue weighted by Crippen LogP contribution is -2.35. The van der Waals surface area contributed by atoms with Crippen LogP contribution in [0.3, 0.4) is 0 Å². The summed E-state index contributed by atoms with van der Waals surface area (Å²) in [4.78, 5) is 35.0. The van der Waals surface area contributed by atoms with E-state index < -0.39 is 30.6 Å². The molecule has 26 heavy (non-hydrogen) atoms. The molecule has 0 radical (unpaired) electrons. The standard InChI is InChI=1S/C18H18ClN3O4/c19-14-9-5-4-8-13(14)15(22-18(20)25)10-17(24)26-11-16(23)21-12-6-2-1-3-7-12/h1-9,15H,10-11H2,(H,21,23)(H3,20,22,25)/t15-/m0/s1. The second kappa shape index (κ2) is 9.43. The number of para-hydroxylation sites is 1. The number of carbonyl (C=O) groups excluding carboxylic acids is 3. The second-order valence-electron chi connectivity index (χ2n) is 5.36. The molecule has 0 aliphatic rings. The number of hydrogen-bond acceptors (Lipinski definition) is 4. The number of anilines is 1. The molecular weight excluding hydrogens is 358 g/mol. The van der Waals surface area contributed by atoms with Crippen LogP contribution in [0.25, 0.3) is 0 Å². The highest BCUT2D eigenvalue weighted by atomic mass is 35.5. The first-order valence-corrected chi connectivity index (χ1v) is 8.14. The fraction of sp³-hybridized carbons (Fsp3) is 0.167. The zero-order chi connectivity index (χ0) is 18.9. The number of amides is 3. The Morgan fingerprint density at radius 2 is 1.69 bits per heavy atom. The van der Waals surface area contributed by atoms with Gasteiger partial charge in [-0.25, -0.2) is 4.79 Å². The first kappa shape index (κ1) is 19.3. The number of esters is 1. The lowest BCUT2D eigenvalue weighted by Gasteiger charge is -2.18. The number of benzene rings is 2. The predicted octanol–water partition coefficient (Wildman–Crippen LogP) is 2.62. The molecule has 1 atom stereocenters. The summed E-state index contributed by atoms with van der Waals surface area (Å²) in [7, 11) is 0. The molecule has 0 aromatic heterocycles. The molecule has 3 amide bonds. The Balaban J connectivity index is 1.91. The fourth-order valence-corrected chi connectivity index (χ4v) is 2.53. The van der Waals surface area contributed by atoms with Crippen LogP contribution < -0.4 is 16.4 Å². The minimum absolute atomic E-state index is 0.217. The Morgan fingerprint density at radius 1 is 1.04 bits per heavy atom. The molecule has 136 valence electrons. The molecule has 0 aliphatic heterocycles. The Morgan fingerprint density at radius 3 is 2.35 bits per heavy atom. The molecule has 0 spiro atoms. The second-order valence-corrected chi connectivity index (χ2v) is 5.77. The molecule has 8 heteroatoms. The number of urea groups is 1. The van der Waals surface area contributed by atoms with Gasteiger partial charge in [0, 0.05) is 10.7 Å². The van der Waals surface area contributed by atoms with Gasteiger partial charge in [0.15, 0.2) is 6.61 Å². The monoisotopic (exact) mass is 375 g/mol. The summed E-state index contributed by atoms with van der Waals surface area (Å²) in [6, 6.07) is 14.0. The van der Waals surface area contributed by atoms with Gasteiger partial charge in [0.05, 0.1) is 12.5 Å². The maximum atomic E-state index is 12.0. The maximum Gasteiger partial charge on any atom is 0.312 e. The summed E-state index contributed by atoms with van der Waals surface area (Å²) in [6.45, 7) is -0.445. The van der Waals surface area contributed by atoms with Crippen LogP contribution in [0, 0.1) is 0 Å². The van der Waals surface area contributed by atoms with Crippen molar-refractivity contribution in [1.29, 1.82) is 0 Å². The van der Waals surface area contributed by atoms with Gasteiger partial charge < -0.3 is 21.1 Å². The van der Waals surface area contributed by atoms with E-state index in [9.17, 15) is 14.4 Å². The normalized spacial score (nSPS) is 11.3. The summed E-state index contributed by atoms with van der Waals surface area (Å²) in [6.07, 6.45) is -0.217. The zero-order valence-electron chi connectivity index (χ0n) is 13.8. The molecule has 0 bridgehead atoms. The van der Waals surface area contributed by atoms with E-state index in [4.69, 9.17) is 22.1 Å². The molecular formula is C18H18ClN3O4. The Hall–Kier alpha value is -3.06. The maximum absolute atomic E-state index is 12.0. The highest BCUT2D eigenvalue weighted by Gasteiger charge is 2.21. The van der Waals surface area contributed by atoms with Crippen LogP contribution in [0.5, 0.6) is 0 Å². The summed E-state index contributed by atoms with van der Waals surface area (Å²) < 4.78 is 4.96. The molecule has 4 N–H and O–H groups in total. The third kappa shape index (κ3) is 6.10. The third-order valence-corrected chi connectivity index (χ3v) is 3.73. The van der Waals surface area contributed by atoms with Gasteiger partial charge in [-0.15, -0.1) is 0 Å². The predicted molar refractivity (Wildman–Crippen MR) is 97.6 cm³/mol. The lowest BCUT2D eigenvalue weighted by molar-refractivity contribution is -0.147. The molecule has 0 unspecified atom stereocenters. The van der Waals surface area contributed by atoms with Gasteiger partial charge in [0.1, 0.15) is 0 Å². The van der Waals surface area contributed by atoms with Crippen LogP contribution >= 0.6 is 11.6 Å². The van der Waals surface area contributed by atoms with Crippen LogP contribution in [-0.2, 0) is 14.3 Å². The number of carbonyl (C=O) groups is 3. The van der Waals surface area contributed by atoms with E-state index in [0.717, 1.165) is 0 Å². The molecule has 2 rings (SSSR count). The van der Waals surface area contributed by atoms with Gasteiger partial charge in [-0.05, 0) is 23.8 Å². The van der Waals surface area contributed by atoms with Crippen molar-refractivity contribution >= 4 is 35.2 Å². The highest BCUT2D eigenvalue weighted by molar-refractivity contribution is 6.31. The largest absolute Gasteiger partial charge is 0.455 e. The van der Waals surface area contributed by atoms with Crippen molar-refractivity contribution in [2.24, 2.45) is 5.73 Å². The minimum Gasteiger partial charge on any atom is -0.455 e.